The first kappa shape index (κ1) is 26.4. The van der Waals surface area contributed by atoms with Gasteiger partial charge in [0.1, 0.15) is 0 Å². The Morgan fingerprint density at radius 1 is 1.00 bits per heavy atom. The highest BCUT2D eigenvalue weighted by atomic mass is 32.1. The molecule has 0 spiro atoms. The fourth-order valence-corrected chi connectivity index (χ4v) is 5.29. The molecule has 1 aromatic carbocycles. The van der Waals surface area contributed by atoms with Gasteiger partial charge in [-0.1, -0.05) is 62.9 Å². The maximum absolute atomic E-state index is 13.6. The van der Waals surface area contributed by atoms with E-state index >= 15 is 0 Å². The summed E-state index contributed by atoms with van der Waals surface area (Å²) < 4.78 is 5.81. The van der Waals surface area contributed by atoms with Gasteiger partial charge in [0, 0.05) is 31.0 Å². The van der Waals surface area contributed by atoms with Crippen molar-refractivity contribution in [2.24, 2.45) is 0 Å². The van der Waals surface area contributed by atoms with Crippen molar-refractivity contribution in [2.75, 3.05) is 19.7 Å². The number of amides is 2. The van der Waals surface area contributed by atoms with E-state index in [1.807, 2.05) is 35.2 Å². The lowest BCUT2D eigenvalue weighted by molar-refractivity contribution is -0.142. The minimum Gasteiger partial charge on any atom is -0.376 e. The monoisotopic (exact) mass is 484 g/mol. The number of ether oxygens (including phenoxy) is 1. The normalized spacial score (nSPS) is 15.4. The molecule has 1 fully saturated rings. The largest absolute Gasteiger partial charge is 0.376 e. The molecule has 0 saturated carbocycles. The minimum atomic E-state index is -0.00557. The van der Waals surface area contributed by atoms with Crippen LogP contribution in [0, 0.1) is 6.92 Å². The fourth-order valence-electron chi connectivity index (χ4n) is 4.37. The molecule has 3 rings (SSSR count). The van der Waals surface area contributed by atoms with Crippen molar-refractivity contribution in [1.82, 2.24) is 9.80 Å². The van der Waals surface area contributed by atoms with Gasteiger partial charge in [-0.15, -0.1) is 11.3 Å². The number of hydrogen-bond acceptors (Lipinski definition) is 4. The number of carbonyl (C=O) groups excluding carboxylic acids is 2. The van der Waals surface area contributed by atoms with Crippen LogP contribution < -0.4 is 0 Å². The molecule has 34 heavy (non-hydrogen) atoms. The summed E-state index contributed by atoms with van der Waals surface area (Å²) in [7, 11) is 0. The van der Waals surface area contributed by atoms with E-state index in [-0.39, 0.29) is 24.5 Å². The van der Waals surface area contributed by atoms with Crippen LogP contribution in [0.5, 0.6) is 0 Å². The first-order valence-corrected chi connectivity index (χ1v) is 13.7. The molecule has 1 aliphatic heterocycles. The van der Waals surface area contributed by atoms with Gasteiger partial charge < -0.3 is 14.5 Å². The SMILES string of the molecule is CCCCCCCC(=O)N(CC(=O)N(Cc1ccccc1)Cc1sccc1C)C[C@H]1CCCO1. The Labute approximate surface area is 209 Å². The van der Waals surface area contributed by atoms with Crippen molar-refractivity contribution in [3.05, 3.63) is 57.8 Å². The summed E-state index contributed by atoms with van der Waals surface area (Å²) in [6.45, 7) is 6.76. The molecule has 0 radical (unpaired) electrons. The molecule has 2 heterocycles. The van der Waals surface area contributed by atoms with Gasteiger partial charge in [0.25, 0.3) is 0 Å². The van der Waals surface area contributed by atoms with Crippen LogP contribution in [0.3, 0.4) is 0 Å². The Hall–Kier alpha value is -2.18. The van der Waals surface area contributed by atoms with Gasteiger partial charge in [0.2, 0.25) is 11.8 Å². The second kappa shape index (κ2) is 14.3. The molecule has 1 atom stereocenters. The molecule has 1 aliphatic rings. The van der Waals surface area contributed by atoms with Gasteiger partial charge in [-0.25, -0.2) is 0 Å². The molecule has 186 valence electrons. The summed E-state index contributed by atoms with van der Waals surface area (Å²) in [5.74, 6) is 0.0706. The van der Waals surface area contributed by atoms with Crippen molar-refractivity contribution < 1.29 is 14.3 Å². The second-order valence-electron chi connectivity index (χ2n) is 9.34. The minimum absolute atomic E-state index is 0.00557. The van der Waals surface area contributed by atoms with Crippen LogP contribution in [0.1, 0.15) is 74.3 Å². The van der Waals surface area contributed by atoms with Crippen LogP contribution in [0.4, 0.5) is 0 Å². The standard InChI is InChI=1S/C28H40N2O3S/c1-3-4-5-6-10-15-27(31)30(20-25-14-11-17-33-25)22-28(32)29(19-24-12-8-7-9-13-24)21-26-23(2)16-18-34-26/h7-9,12-13,16,18,25H,3-6,10-11,14-15,17,19-22H2,1-2H3/t25-/m1/s1. The predicted molar refractivity (Wildman–Crippen MR) is 139 cm³/mol. The van der Waals surface area contributed by atoms with Crippen LogP contribution >= 0.6 is 11.3 Å². The average molecular weight is 485 g/mol. The Morgan fingerprint density at radius 2 is 1.79 bits per heavy atom. The zero-order valence-corrected chi connectivity index (χ0v) is 21.7. The summed E-state index contributed by atoms with van der Waals surface area (Å²) in [6, 6.07) is 12.2. The summed E-state index contributed by atoms with van der Waals surface area (Å²) in [4.78, 5) is 31.6. The van der Waals surface area contributed by atoms with E-state index in [1.165, 1.54) is 29.7 Å². The van der Waals surface area contributed by atoms with E-state index in [9.17, 15) is 9.59 Å². The molecule has 1 aromatic heterocycles. The Bertz CT molecular complexity index is 877. The zero-order valence-electron chi connectivity index (χ0n) is 20.8. The van der Waals surface area contributed by atoms with Gasteiger partial charge in [0.05, 0.1) is 19.2 Å². The first-order valence-electron chi connectivity index (χ1n) is 12.8. The third-order valence-corrected chi connectivity index (χ3v) is 7.50. The van der Waals surface area contributed by atoms with Crippen molar-refractivity contribution in [1.29, 1.82) is 0 Å². The zero-order chi connectivity index (χ0) is 24.2. The Balaban J connectivity index is 1.68. The molecule has 2 amide bonds. The van der Waals surface area contributed by atoms with Gasteiger partial charge in [0.15, 0.2) is 0 Å². The van der Waals surface area contributed by atoms with Gasteiger partial charge in [-0.3, -0.25) is 9.59 Å². The number of hydrogen-bond donors (Lipinski definition) is 0. The smallest absolute Gasteiger partial charge is 0.242 e. The molecule has 6 heteroatoms. The van der Waals surface area contributed by atoms with E-state index < -0.39 is 0 Å². The summed E-state index contributed by atoms with van der Waals surface area (Å²) in [5, 5.41) is 2.07. The number of nitrogens with zero attached hydrogens (tertiary/aromatic N) is 2. The highest BCUT2D eigenvalue weighted by Crippen LogP contribution is 2.21. The van der Waals surface area contributed by atoms with Crippen LogP contribution in [-0.4, -0.2) is 47.4 Å². The molecule has 1 saturated heterocycles. The maximum Gasteiger partial charge on any atom is 0.242 e. The average Bonchev–Trinajstić information content (AvgIpc) is 3.50. The van der Waals surface area contributed by atoms with Gasteiger partial charge in [-0.05, 0) is 48.8 Å². The van der Waals surface area contributed by atoms with Gasteiger partial charge in [-0.2, -0.15) is 0 Å². The molecule has 0 unspecified atom stereocenters. The first-order chi connectivity index (χ1) is 16.6. The van der Waals surface area contributed by atoms with Crippen LogP contribution in [0.2, 0.25) is 0 Å². The molecule has 0 N–H and O–H groups in total. The van der Waals surface area contributed by atoms with Crippen molar-refractivity contribution >= 4 is 23.2 Å². The number of thiophene rings is 1. The number of carbonyl (C=O) groups is 2. The van der Waals surface area contributed by atoms with E-state index in [1.54, 1.807) is 16.2 Å². The second-order valence-corrected chi connectivity index (χ2v) is 10.3. The van der Waals surface area contributed by atoms with Crippen molar-refractivity contribution in [2.45, 2.75) is 84.4 Å². The molecule has 0 bridgehead atoms. The number of aryl methyl sites for hydroxylation is 1. The van der Waals surface area contributed by atoms with E-state index in [0.717, 1.165) is 37.9 Å². The summed E-state index contributed by atoms with van der Waals surface area (Å²) in [5.41, 5.74) is 2.30. The quantitative estimate of drug-likeness (QED) is 0.311. The molecular weight excluding hydrogens is 444 g/mol. The Kier molecular flexibility index (Phi) is 11.1. The molecule has 5 nitrogen and oxygen atoms in total. The fraction of sp³-hybridized carbons (Fsp3) is 0.571. The third kappa shape index (κ3) is 8.55. The number of benzene rings is 1. The number of rotatable bonds is 14. The van der Waals surface area contributed by atoms with Crippen LogP contribution in [0.15, 0.2) is 41.8 Å². The predicted octanol–water partition coefficient (Wildman–Crippen LogP) is 5.95. The molecule has 2 aromatic rings. The van der Waals surface area contributed by atoms with Crippen molar-refractivity contribution in [3.63, 3.8) is 0 Å². The van der Waals surface area contributed by atoms with E-state index in [0.29, 0.717) is 26.1 Å². The third-order valence-electron chi connectivity index (χ3n) is 6.49. The van der Waals surface area contributed by atoms with E-state index in [4.69, 9.17) is 4.74 Å². The molecular formula is C28H40N2O3S. The highest BCUT2D eigenvalue weighted by Gasteiger charge is 2.26. The van der Waals surface area contributed by atoms with Crippen molar-refractivity contribution in [3.8, 4) is 0 Å². The topological polar surface area (TPSA) is 49.9 Å². The van der Waals surface area contributed by atoms with Gasteiger partial charge >= 0.3 is 0 Å². The maximum atomic E-state index is 13.6. The lowest BCUT2D eigenvalue weighted by Gasteiger charge is -2.29. The van der Waals surface area contributed by atoms with Crippen LogP contribution in [0.25, 0.3) is 0 Å². The highest BCUT2D eigenvalue weighted by molar-refractivity contribution is 7.10. The van der Waals surface area contributed by atoms with E-state index in [2.05, 4.69) is 25.3 Å². The van der Waals surface area contributed by atoms with Crippen LogP contribution in [-0.2, 0) is 27.4 Å². The lowest BCUT2D eigenvalue weighted by atomic mass is 10.1. The summed E-state index contributed by atoms with van der Waals surface area (Å²) >= 11 is 1.68. The molecule has 0 aliphatic carbocycles. The summed E-state index contributed by atoms with van der Waals surface area (Å²) in [6.07, 6.45) is 8.05. The lowest BCUT2D eigenvalue weighted by Crippen LogP contribution is -2.45. The number of unbranched alkanes of at least 4 members (excludes halogenated alkanes) is 4. The Morgan fingerprint density at radius 3 is 2.47 bits per heavy atom.